The number of alkyl carbamates (subject to hydrolysis) is 1. The molecule has 2 atom stereocenters. The molecule has 1 aromatic carbocycles. The number of hydrogen-bond donors (Lipinski definition) is 3. The van der Waals surface area contributed by atoms with E-state index in [1.165, 1.54) is 4.90 Å². The zero-order chi connectivity index (χ0) is 27.0. The second-order valence-corrected chi connectivity index (χ2v) is 10.6. The molecule has 1 aromatic rings. The summed E-state index contributed by atoms with van der Waals surface area (Å²) in [6, 6.07) is 3.58. The Hall–Kier alpha value is -3.10. The molecule has 9 heteroatoms. The van der Waals surface area contributed by atoms with Crippen LogP contribution < -0.4 is 16.4 Å². The van der Waals surface area contributed by atoms with Crippen LogP contribution in [-0.2, 0) is 19.1 Å². The number of hydrogen-bond acceptors (Lipinski definition) is 5. The highest BCUT2D eigenvalue weighted by Crippen LogP contribution is 2.28. The Kier molecular flexibility index (Phi) is 10.3. The number of aryl methyl sites for hydroxylation is 2. The third-order valence-corrected chi connectivity index (χ3v) is 6.25. The first-order valence-electron chi connectivity index (χ1n) is 12.8. The van der Waals surface area contributed by atoms with E-state index in [1.54, 1.807) is 27.7 Å². The van der Waals surface area contributed by atoms with Crippen LogP contribution in [0.25, 0.3) is 0 Å². The summed E-state index contributed by atoms with van der Waals surface area (Å²) >= 11 is 0. The first kappa shape index (κ1) is 29.1. The third-order valence-electron chi connectivity index (χ3n) is 6.25. The van der Waals surface area contributed by atoms with Crippen molar-refractivity contribution in [3.05, 3.63) is 34.9 Å². The number of amides is 4. The SMILES string of the molecule is CCN(C(=O)C(CC(N)=O)NC(=O)OC(C)(C)C)C(C(=O)NC1CCCCC1)c1ccc(C)cc1C. The molecular weight excluding hydrogens is 460 g/mol. The van der Waals surface area contributed by atoms with Gasteiger partial charge in [-0.1, -0.05) is 43.0 Å². The maximum Gasteiger partial charge on any atom is 0.408 e. The van der Waals surface area contributed by atoms with Gasteiger partial charge in [-0.3, -0.25) is 14.4 Å². The van der Waals surface area contributed by atoms with Crippen molar-refractivity contribution in [1.29, 1.82) is 0 Å². The monoisotopic (exact) mass is 502 g/mol. The van der Waals surface area contributed by atoms with Crippen molar-refractivity contribution < 1.29 is 23.9 Å². The Morgan fingerprint density at radius 2 is 1.75 bits per heavy atom. The standard InChI is InChI=1S/C27H42N4O5/c1-7-31(25(34)21(16-22(28)32)30-26(35)36-27(4,5)6)23(20-14-13-17(2)15-18(20)3)24(33)29-19-11-9-8-10-12-19/h13-15,19,21,23H,7-12,16H2,1-6H3,(H2,28,32)(H,29,33)(H,30,35). The molecule has 2 rings (SSSR count). The zero-order valence-electron chi connectivity index (χ0n) is 22.5. The predicted octanol–water partition coefficient (Wildman–Crippen LogP) is 3.41. The molecule has 1 saturated carbocycles. The molecule has 36 heavy (non-hydrogen) atoms. The maximum atomic E-state index is 13.8. The predicted molar refractivity (Wildman–Crippen MR) is 138 cm³/mol. The molecule has 0 aromatic heterocycles. The van der Waals surface area contributed by atoms with Gasteiger partial charge in [0.25, 0.3) is 0 Å². The van der Waals surface area contributed by atoms with Crippen LogP contribution in [0.5, 0.6) is 0 Å². The highest BCUT2D eigenvalue weighted by atomic mass is 16.6. The minimum Gasteiger partial charge on any atom is -0.444 e. The van der Waals surface area contributed by atoms with Crippen LogP contribution in [0.1, 0.15) is 89.0 Å². The van der Waals surface area contributed by atoms with E-state index in [1.807, 2.05) is 32.0 Å². The van der Waals surface area contributed by atoms with Gasteiger partial charge in [-0.2, -0.15) is 0 Å². The van der Waals surface area contributed by atoms with Crippen molar-refractivity contribution in [2.24, 2.45) is 5.73 Å². The topological polar surface area (TPSA) is 131 Å². The molecule has 4 N–H and O–H groups in total. The van der Waals surface area contributed by atoms with E-state index in [4.69, 9.17) is 10.5 Å². The number of likely N-dealkylation sites (N-methyl/N-ethyl adjacent to an activating group) is 1. The first-order valence-corrected chi connectivity index (χ1v) is 12.8. The van der Waals surface area contributed by atoms with E-state index in [2.05, 4.69) is 10.6 Å². The molecule has 0 saturated heterocycles. The summed E-state index contributed by atoms with van der Waals surface area (Å²) in [4.78, 5) is 53.1. The van der Waals surface area contributed by atoms with Gasteiger partial charge in [-0.15, -0.1) is 0 Å². The molecule has 200 valence electrons. The van der Waals surface area contributed by atoms with Gasteiger partial charge >= 0.3 is 6.09 Å². The van der Waals surface area contributed by atoms with Crippen LogP contribution in [0.15, 0.2) is 18.2 Å². The zero-order valence-corrected chi connectivity index (χ0v) is 22.5. The minimum atomic E-state index is -1.27. The first-order chi connectivity index (χ1) is 16.8. The summed E-state index contributed by atoms with van der Waals surface area (Å²) in [5, 5.41) is 5.63. The number of ether oxygens (including phenoxy) is 1. The van der Waals surface area contributed by atoms with E-state index < -0.39 is 42.0 Å². The average Bonchev–Trinajstić information content (AvgIpc) is 2.76. The molecule has 9 nitrogen and oxygen atoms in total. The summed E-state index contributed by atoms with van der Waals surface area (Å²) in [5.41, 5.74) is 7.21. The fourth-order valence-corrected chi connectivity index (χ4v) is 4.63. The fraction of sp³-hybridized carbons (Fsp3) is 0.630. The molecule has 0 radical (unpaired) electrons. The van der Waals surface area contributed by atoms with Crippen LogP contribution in [0, 0.1) is 13.8 Å². The molecule has 4 amide bonds. The summed E-state index contributed by atoms with van der Waals surface area (Å²) in [6.45, 7) is 10.9. The molecule has 0 spiro atoms. The number of primary amides is 1. The minimum absolute atomic E-state index is 0.0506. The molecule has 2 unspecified atom stereocenters. The van der Waals surface area contributed by atoms with Gasteiger partial charge in [0.1, 0.15) is 17.7 Å². The van der Waals surface area contributed by atoms with Crippen molar-refractivity contribution in [3.63, 3.8) is 0 Å². The van der Waals surface area contributed by atoms with Crippen molar-refractivity contribution in [3.8, 4) is 0 Å². The molecule has 0 heterocycles. The summed E-state index contributed by atoms with van der Waals surface area (Å²) < 4.78 is 5.29. The fourth-order valence-electron chi connectivity index (χ4n) is 4.63. The Bertz CT molecular complexity index is 950. The van der Waals surface area contributed by atoms with Gasteiger partial charge in [0.2, 0.25) is 17.7 Å². The third kappa shape index (κ3) is 8.53. The second kappa shape index (κ2) is 12.7. The van der Waals surface area contributed by atoms with Crippen LogP contribution in [0.4, 0.5) is 4.79 Å². The molecule has 1 aliphatic rings. The number of rotatable bonds is 9. The molecule has 1 fully saturated rings. The van der Waals surface area contributed by atoms with Gasteiger partial charge in [-0.05, 0) is 65.5 Å². The number of nitrogens with two attached hydrogens (primary N) is 1. The number of carbonyl (C=O) groups excluding carboxylic acids is 4. The van der Waals surface area contributed by atoms with Crippen molar-refractivity contribution in [2.45, 2.75) is 104 Å². The summed E-state index contributed by atoms with van der Waals surface area (Å²) in [7, 11) is 0. The number of nitrogens with one attached hydrogen (secondary N) is 2. The highest BCUT2D eigenvalue weighted by Gasteiger charge is 2.37. The average molecular weight is 503 g/mol. The van der Waals surface area contributed by atoms with Gasteiger partial charge in [0.15, 0.2) is 0 Å². The normalized spacial score (nSPS) is 15.9. The van der Waals surface area contributed by atoms with Crippen LogP contribution in [0.3, 0.4) is 0 Å². The Labute approximate surface area is 214 Å². The lowest BCUT2D eigenvalue weighted by Crippen LogP contribution is -2.54. The quantitative estimate of drug-likeness (QED) is 0.476. The van der Waals surface area contributed by atoms with Crippen molar-refractivity contribution in [1.82, 2.24) is 15.5 Å². The number of nitrogens with zero attached hydrogens (tertiary/aromatic N) is 1. The maximum absolute atomic E-state index is 13.8. The lowest BCUT2D eigenvalue weighted by Gasteiger charge is -2.35. The number of benzene rings is 1. The van der Waals surface area contributed by atoms with E-state index >= 15 is 0 Å². The van der Waals surface area contributed by atoms with E-state index in [9.17, 15) is 19.2 Å². The van der Waals surface area contributed by atoms with Crippen molar-refractivity contribution >= 4 is 23.8 Å². The van der Waals surface area contributed by atoms with Gasteiger partial charge in [0.05, 0.1) is 6.42 Å². The Morgan fingerprint density at radius 1 is 1.11 bits per heavy atom. The second-order valence-electron chi connectivity index (χ2n) is 10.6. The largest absolute Gasteiger partial charge is 0.444 e. The summed E-state index contributed by atoms with van der Waals surface area (Å²) in [6.07, 6.45) is 3.79. The van der Waals surface area contributed by atoms with Crippen LogP contribution in [0.2, 0.25) is 0 Å². The van der Waals surface area contributed by atoms with E-state index in [-0.39, 0.29) is 18.5 Å². The molecule has 0 aliphatic heterocycles. The molecule has 1 aliphatic carbocycles. The van der Waals surface area contributed by atoms with Gasteiger partial charge in [0, 0.05) is 12.6 Å². The Morgan fingerprint density at radius 3 is 2.28 bits per heavy atom. The Balaban J connectivity index is 2.42. The van der Waals surface area contributed by atoms with Gasteiger partial charge < -0.3 is 26.0 Å². The lowest BCUT2D eigenvalue weighted by atomic mass is 9.93. The van der Waals surface area contributed by atoms with E-state index in [0.717, 1.165) is 43.2 Å². The highest BCUT2D eigenvalue weighted by molar-refractivity contribution is 5.94. The van der Waals surface area contributed by atoms with Crippen LogP contribution in [-0.4, -0.2) is 52.9 Å². The van der Waals surface area contributed by atoms with Crippen molar-refractivity contribution in [2.75, 3.05) is 6.54 Å². The molecular formula is C27H42N4O5. The van der Waals surface area contributed by atoms with E-state index in [0.29, 0.717) is 5.56 Å². The summed E-state index contributed by atoms with van der Waals surface area (Å²) in [5.74, 6) is -1.61. The van der Waals surface area contributed by atoms with Gasteiger partial charge in [-0.25, -0.2) is 4.79 Å². The van der Waals surface area contributed by atoms with Crippen LogP contribution >= 0.6 is 0 Å². The molecule has 0 bridgehead atoms. The lowest BCUT2D eigenvalue weighted by molar-refractivity contribution is -0.143. The number of carbonyl (C=O) groups is 4. The smallest absolute Gasteiger partial charge is 0.408 e.